The van der Waals surface area contributed by atoms with Gasteiger partial charge in [-0.2, -0.15) is 5.10 Å². The maximum Gasteiger partial charge on any atom is 0.265 e. The molecule has 0 spiro atoms. The Morgan fingerprint density at radius 3 is 2.58 bits per heavy atom. The van der Waals surface area contributed by atoms with Crippen LogP contribution in [0.2, 0.25) is 0 Å². The first-order valence-electron chi connectivity index (χ1n) is 3.12. The first-order valence-corrected chi connectivity index (χ1v) is 6.51. The van der Waals surface area contributed by atoms with Crippen LogP contribution in [0.25, 0.3) is 0 Å². The lowest BCUT2D eigenvalue weighted by atomic mass is 10.7. The van der Waals surface area contributed by atoms with E-state index in [0.717, 1.165) is 0 Å². The van der Waals surface area contributed by atoms with Crippen LogP contribution < -0.4 is 0 Å². The van der Waals surface area contributed by atoms with E-state index in [0.29, 0.717) is 10.2 Å². The van der Waals surface area contributed by atoms with Crippen molar-refractivity contribution in [3.63, 3.8) is 0 Å². The highest BCUT2D eigenvalue weighted by Crippen LogP contribution is 2.19. The van der Waals surface area contributed by atoms with Crippen molar-refractivity contribution in [2.45, 2.75) is 18.4 Å². The second-order valence-electron chi connectivity index (χ2n) is 2.08. The lowest BCUT2D eigenvalue weighted by Crippen LogP contribution is -1.93. The van der Waals surface area contributed by atoms with Crippen LogP contribution in [0.3, 0.4) is 0 Å². The zero-order chi connectivity index (χ0) is 9.35. The third-order valence-electron chi connectivity index (χ3n) is 1.27. The summed E-state index contributed by atoms with van der Waals surface area (Å²) >= 11 is 1.83. The monoisotopic (exact) mass is 320 g/mol. The highest BCUT2D eigenvalue weighted by atomic mass is 127. The van der Waals surface area contributed by atoms with Crippen LogP contribution in [0, 0.1) is 3.70 Å². The highest BCUT2D eigenvalue weighted by molar-refractivity contribution is 14.1. The minimum Gasteiger partial charge on any atom is -0.271 e. The topological polar surface area (TPSA) is 52.0 Å². The van der Waals surface area contributed by atoms with Crippen LogP contribution in [0.5, 0.6) is 0 Å². The van der Waals surface area contributed by atoms with Crippen molar-refractivity contribution in [3.05, 3.63) is 9.90 Å². The Kier molecular flexibility index (Phi) is 3.00. The van der Waals surface area contributed by atoms with Gasteiger partial charge in [0.2, 0.25) is 0 Å². The molecule has 0 aliphatic rings. The van der Waals surface area contributed by atoms with E-state index in [-0.39, 0.29) is 4.90 Å². The molecule has 0 radical (unpaired) electrons. The summed E-state index contributed by atoms with van der Waals surface area (Å²) in [5, 5.41) is 3.94. The average Bonchev–Trinajstić information content (AvgIpc) is 2.29. The van der Waals surface area contributed by atoms with Gasteiger partial charge in [0.1, 0.15) is 8.60 Å². The molecule has 0 fully saturated rings. The van der Waals surface area contributed by atoms with Crippen molar-refractivity contribution in [2.75, 3.05) is 0 Å². The Morgan fingerprint density at radius 1 is 1.75 bits per heavy atom. The van der Waals surface area contributed by atoms with E-state index < -0.39 is 9.05 Å². The molecule has 0 saturated carbocycles. The van der Waals surface area contributed by atoms with Gasteiger partial charge in [-0.05, 0) is 29.5 Å². The average molecular weight is 321 g/mol. The van der Waals surface area contributed by atoms with Gasteiger partial charge in [-0.15, -0.1) is 0 Å². The van der Waals surface area contributed by atoms with Crippen molar-refractivity contribution in [1.29, 1.82) is 0 Å². The summed E-state index contributed by atoms with van der Waals surface area (Å²) in [7, 11) is 1.51. The summed E-state index contributed by atoms with van der Waals surface area (Å²) in [6.07, 6.45) is 1.42. The Hall–Kier alpha value is 0.180. The van der Waals surface area contributed by atoms with Crippen molar-refractivity contribution in [2.24, 2.45) is 0 Å². The van der Waals surface area contributed by atoms with E-state index in [9.17, 15) is 8.42 Å². The van der Waals surface area contributed by atoms with E-state index in [1.165, 1.54) is 10.9 Å². The number of rotatable bonds is 2. The van der Waals surface area contributed by atoms with E-state index in [4.69, 9.17) is 10.7 Å². The normalized spacial score (nSPS) is 11.9. The largest absolute Gasteiger partial charge is 0.271 e. The Bertz CT molecular complexity index is 386. The van der Waals surface area contributed by atoms with Crippen LogP contribution in [-0.2, 0) is 15.6 Å². The first-order chi connectivity index (χ1) is 5.45. The predicted molar refractivity (Wildman–Crippen MR) is 53.7 cm³/mol. The first kappa shape index (κ1) is 10.3. The third kappa shape index (κ3) is 2.11. The van der Waals surface area contributed by atoms with Gasteiger partial charge in [0.05, 0.1) is 0 Å². The van der Waals surface area contributed by atoms with Crippen LogP contribution in [0.4, 0.5) is 0 Å². The van der Waals surface area contributed by atoms with Crippen LogP contribution in [0.15, 0.2) is 11.1 Å². The fourth-order valence-corrected chi connectivity index (χ4v) is 3.21. The number of hydrogen-bond donors (Lipinski definition) is 0. The van der Waals surface area contributed by atoms with Gasteiger partial charge in [0.15, 0.2) is 0 Å². The smallest absolute Gasteiger partial charge is 0.265 e. The van der Waals surface area contributed by atoms with Crippen molar-refractivity contribution in [3.8, 4) is 0 Å². The van der Waals surface area contributed by atoms with Gasteiger partial charge in [-0.25, -0.2) is 8.42 Å². The summed E-state index contributed by atoms with van der Waals surface area (Å²) in [4.78, 5) is 0.0756. The lowest BCUT2D eigenvalue weighted by molar-refractivity contribution is 0.608. The molecule has 0 aliphatic heterocycles. The fraction of sp³-hybridized carbons (Fsp3) is 0.400. The molecule has 0 amide bonds. The van der Waals surface area contributed by atoms with Crippen LogP contribution in [-0.4, -0.2) is 18.2 Å². The highest BCUT2D eigenvalue weighted by Gasteiger charge is 2.17. The summed E-state index contributed by atoms with van der Waals surface area (Å²) in [5.41, 5.74) is 0. The molecule has 0 atom stereocenters. The zero-order valence-corrected chi connectivity index (χ0v) is 9.89. The van der Waals surface area contributed by atoms with Gasteiger partial charge in [-0.1, -0.05) is 0 Å². The molecule has 1 heterocycles. The number of halogens is 2. The summed E-state index contributed by atoms with van der Waals surface area (Å²) in [6.45, 7) is 2.50. The molecule has 0 bridgehead atoms. The second-order valence-corrected chi connectivity index (χ2v) is 5.63. The minimum absolute atomic E-state index is 0.0756. The van der Waals surface area contributed by atoms with Gasteiger partial charge in [-0.3, -0.25) is 4.68 Å². The molecule has 0 aromatic carbocycles. The number of nitrogens with zero attached hydrogens (tertiary/aromatic N) is 2. The molecule has 0 N–H and O–H groups in total. The van der Waals surface area contributed by atoms with Gasteiger partial charge >= 0.3 is 0 Å². The molecular formula is C5H6ClIN2O2S. The SMILES string of the molecule is CCn1cc(S(=O)(=O)Cl)c(I)n1. The predicted octanol–water partition coefficient (Wildman–Crippen LogP) is 1.44. The van der Waals surface area contributed by atoms with Gasteiger partial charge < -0.3 is 0 Å². The van der Waals surface area contributed by atoms with Gasteiger partial charge in [0.25, 0.3) is 9.05 Å². The maximum absolute atomic E-state index is 10.9. The van der Waals surface area contributed by atoms with E-state index in [1.807, 2.05) is 29.5 Å². The fourth-order valence-electron chi connectivity index (χ4n) is 0.705. The van der Waals surface area contributed by atoms with Gasteiger partial charge in [0, 0.05) is 23.4 Å². The lowest BCUT2D eigenvalue weighted by Gasteiger charge is -1.89. The Morgan fingerprint density at radius 2 is 2.33 bits per heavy atom. The molecule has 0 unspecified atom stereocenters. The standard InChI is InChI=1S/C5H6ClIN2O2S/c1-2-9-3-4(5(7)8-9)12(6,10)11/h3H,2H2,1H3. The molecule has 68 valence electrons. The minimum atomic E-state index is -3.64. The second kappa shape index (κ2) is 3.51. The summed E-state index contributed by atoms with van der Waals surface area (Å²) in [5.74, 6) is 0. The molecule has 12 heavy (non-hydrogen) atoms. The van der Waals surface area contributed by atoms with Crippen molar-refractivity contribution >= 4 is 42.3 Å². The van der Waals surface area contributed by atoms with E-state index >= 15 is 0 Å². The zero-order valence-electron chi connectivity index (χ0n) is 6.16. The third-order valence-corrected chi connectivity index (χ3v) is 3.76. The van der Waals surface area contributed by atoms with Crippen LogP contribution in [0.1, 0.15) is 6.92 Å². The molecule has 1 aromatic rings. The Balaban J connectivity index is 3.27. The molecule has 0 saturated heterocycles. The van der Waals surface area contributed by atoms with E-state index in [2.05, 4.69) is 5.10 Å². The molecule has 1 rings (SSSR count). The summed E-state index contributed by atoms with van der Waals surface area (Å²) in [6, 6.07) is 0. The number of aryl methyl sites for hydroxylation is 1. The molecule has 4 nitrogen and oxygen atoms in total. The Labute approximate surface area is 88.5 Å². The molecule has 1 aromatic heterocycles. The van der Waals surface area contributed by atoms with Crippen LogP contribution >= 0.6 is 33.3 Å². The van der Waals surface area contributed by atoms with E-state index in [1.54, 1.807) is 0 Å². The maximum atomic E-state index is 10.9. The molecule has 0 aliphatic carbocycles. The quantitative estimate of drug-likeness (QED) is 0.612. The number of hydrogen-bond acceptors (Lipinski definition) is 3. The van der Waals surface area contributed by atoms with Crippen molar-refractivity contribution < 1.29 is 8.42 Å². The number of aromatic nitrogens is 2. The van der Waals surface area contributed by atoms with Crippen molar-refractivity contribution in [1.82, 2.24) is 9.78 Å². The summed E-state index contributed by atoms with van der Waals surface area (Å²) < 4.78 is 23.7. The molecule has 7 heteroatoms. The molecular weight excluding hydrogens is 314 g/mol.